The number of hydrogen-bond acceptors (Lipinski definition) is 5. The zero-order valence-corrected chi connectivity index (χ0v) is 15.2. The lowest BCUT2D eigenvalue weighted by Gasteiger charge is -2.07. The van der Waals surface area contributed by atoms with Crippen molar-refractivity contribution in [2.75, 3.05) is 6.61 Å². The second kappa shape index (κ2) is 8.41. The summed E-state index contributed by atoms with van der Waals surface area (Å²) in [6, 6.07) is 8.10. The molecule has 2 aromatic rings. The monoisotopic (exact) mass is 392 g/mol. The highest BCUT2D eigenvalue weighted by Crippen LogP contribution is 2.30. The fraction of sp³-hybridized carbons (Fsp3) is 0.350. The summed E-state index contributed by atoms with van der Waals surface area (Å²) < 4.78 is 43.0. The van der Waals surface area contributed by atoms with Crippen LogP contribution in [-0.4, -0.2) is 23.1 Å². The van der Waals surface area contributed by atoms with E-state index in [-0.39, 0.29) is 24.9 Å². The quantitative estimate of drug-likeness (QED) is 0.494. The van der Waals surface area contributed by atoms with E-state index < -0.39 is 11.7 Å². The molecule has 0 atom stereocenters. The standard InChI is InChI=1S/C20H19F3N2O3/c1-13(25-28-11-14-2-7-17(8-3-14)20(21,22)23)16-6-9-19(24-10-16)27-12-18(26)15-4-5-15/h2-3,6-10,15H,4-5,11-12H2,1H3. The predicted molar refractivity (Wildman–Crippen MR) is 95.9 cm³/mol. The normalized spacial score (nSPS) is 14.6. The second-order valence-corrected chi connectivity index (χ2v) is 6.56. The van der Waals surface area contributed by atoms with Crippen LogP contribution in [0.4, 0.5) is 13.2 Å². The molecule has 1 heterocycles. The molecule has 0 radical (unpaired) electrons. The van der Waals surface area contributed by atoms with E-state index in [1.165, 1.54) is 12.1 Å². The van der Waals surface area contributed by atoms with Crippen molar-refractivity contribution < 1.29 is 27.5 Å². The van der Waals surface area contributed by atoms with E-state index in [0.717, 1.165) is 25.0 Å². The molecule has 1 aromatic carbocycles. The van der Waals surface area contributed by atoms with Crippen molar-refractivity contribution in [3.8, 4) is 5.88 Å². The van der Waals surface area contributed by atoms with Crippen molar-refractivity contribution in [2.45, 2.75) is 32.5 Å². The number of carbonyl (C=O) groups excluding carboxylic acids is 1. The Hall–Kier alpha value is -2.90. The molecule has 1 aromatic heterocycles. The van der Waals surface area contributed by atoms with Crippen molar-refractivity contribution in [3.63, 3.8) is 0 Å². The number of oxime groups is 1. The number of alkyl halides is 3. The van der Waals surface area contributed by atoms with Crippen molar-refractivity contribution in [3.05, 3.63) is 59.3 Å². The molecule has 0 aliphatic heterocycles. The van der Waals surface area contributed by atoms with Crippen LogP contribution in [0.25, 0.3) is 0 Å². The Balaban J connectivity index is 1.49. The Morgan fingerprint density at radius 2 is 1.89 bits per heavy atom. The number of aromatic nitrogens is 1. The summed E-state index contributed by atoms with van der Waals surface area (Å²) >= 11 is 0. The summed E-state index contributed by atoms with van der Waals surface area (Å²) in [6.45, 7) is 1.80. The van der Waals surface area contributed by atoms with E-state index >= 15 is 0 Å². The molecule has 28 heavy (non-hydrogen) atoms. The molecule has 5 nitrogen and oxygen atoms in total. The molecule has 148 valence electrons. The minimum absolute atomic E-state index is 0.0281. The number of rotatable bonds is 8. The number of pyridine rings is 1. The van der Waals surface area contributed by atoms with Crippen LogP contribution in [-0.2, 0) is 22.4 Å². The van der Waals surface area contributed by atoms with Crippen molar-refractivity contribution in [2.24, 2.45) is 11.1 Å². The van der Waals surface area contributed by atoms with E-state index in [1.807, 2.05) is 0 Å². The van der Waals surface area contributed by atoms with Crippen LogP contribution in [0.1, 0.15) is 36.5 Å². The van der Waals surface area contributed by atoms with Gasteiger partial charge in [-0.15, -0.1) is 0 Å². The number of hydrogen-bond donors (Lipinski definition) is 0. The topological polar surface area (TPSA) is 60.8 Å². The third kappa shape index (κ3) is 5.55. The van der Waals surface area contributed by atoms with Gasteiger partial charge in [-0.3, -0.25) is 4.79 Å². The molecule has 0 amide bonds. The molecule has 1 aliphatic carbocycles. The van der Waals surface area contributed by atoms with Crippen LogP contribution >= 0.6 is 0 Å². The van der Waals surface area contributed by atoms with Crippen molar-refractivity contribution >= 4 is 11.5 Å². The number of ether oxygens (including phenoxy) is 1. The maximum absolute atomic E-state index is 12.5. The van der Waals surface area contributed by atoms with Crippen LogP contribution < -0.4 is 4.74 Å². The highest BCUT2D eigenvalue weighted by Gasteiger charge is 2.30. The maximum atomic E-state index is 12.5. The molecule has 0 saturated heterocycles. The Bertz CT molecular complexity index is 842. The summed E-state index contributed by atoms with van der Waals surface area (Å²) in [4.78, 5) is 21.0. The van der Waals surface area contributed by atoms with Gasteiger partial charge in [0.25, 0.3) is 0 Å². The average Bonchev–Trinajstić information content (AvgIpc) is 3.51. The van der Waals surface area contributed by atoms with Gasteiger partial charge in [-0.05, 0) is 43.5 Å². The Morgan fingerprint density at radius 3 is 2.46 bits per heavy atom. The Labute approximate surface area is 160 Å². The van der Waals surface area contributed by atoms with Crippen LogP contribution in [0.2, 0.25) is 0 Å². The van der Waals surface area contributed by atoms with Gasteiger partial charge in [0.1, 0.15) is 13.2 Å². The van der Waals surface area contributed by atoms with Gasteiger partial charge >= 0.3 is 6.18 Å². The van der Waals surface area contributed by atoms with Gasteiger partial charge in [-0.1, -0.05) is 17.3 Å². The first kappa shape index (κ1) is 19.9. The van der Waals surface area contributed by atoms with Crippen LogP contribution in [0.15, 0.2) is 47.8 Å². The Morgan fingerprint density at radius 1 is 1.18 bits per heavy atom. The number of benzene rings is 1. The van der Waals surface area contributed by atoms with Gasteiger partial charge in [0, 0.05) is 23.7 Å². The summed E-state index contributed by atoms with van der Waals surface area (Å²) in [5, 5.41) is 3.96. The summed E-state index contributed by atoms with van der Waals surface area (Å²) in [5.41, 5.74) is 1.13. The van der Waals surface area contributed by atoms with Gasteiger partial charge in [-0.25, -0.2) is 4.98 Å². The first-order valence-electron chi connectivity index (χ1n) is 8.77. The molecule has 3 rings (SSSR count). The number of carbonyl (C=O) groups is 1. The number of nitrogens with zero attached hydrogens (tertiary/aromatic N) is 2. The maximum Gasteiger partial charge on any atom is 0.416 e. The number of ketones is 1. The molecule has 0 bridgehead atoms. The lowest BCUT2D eigenvalue weighted by molar-refractivity contribution is -0.137. The number of halogens is 3. The molecule has 0 spiro atoms. The predicted octanol–water partition coefficient (Wildman–Crippen LogP) is 4.40. The molecular weight excluding hydrogens is 373 g/mol. The number of Topliss-reactive ketones (excluding diaryl/α,β-unsaturated/α-hetero) is 1. The lowest BCUT2D eigenvalue weighted by atomic mass is 10.1. The first-order valence-corrected chi connectivity index (χ1v) is 8.77. The third-order valence-corrected chi connectivity index (χ3v) is 4.26. The molecule has 1 saturated carbocycles. The molecular formula is C20H19F3N2O3. The summed E-state index contributed by atoms with van der Waals surface area (Å²) in [5.74, 6) is 0.604. The van der Waals surface area contributed by atoms with Gasteiger partial charge in [-0.2, -0.15) is 13.2 Å². The largest absolute Gasteiger partial charge is 0.470 e. The van der Waals surface area contributed by atoms with E-state index in [0.29, 0.717) is 22.7 Å². The van der Waals surface area contributed by atoms with Crippen LogP contribution in [0.5, 0.6) is 5.88 Å². The van der Waals surface area contributed by atoms with Crippen LogP contribution in [0, 0.1) is 5.92 Å². The molecule has 8 heteroatoms. The zero-order valence-electron chi connectivity index (χ0n) is 15.2. The van der Waals surface area contributed by atoms with Crippen molar-refractivity contribution in [1.29, 1.82) is 0 Å². The molecule has 1 fully saturated rings. The minimum Gasteiger partial charge on any atom is -0.470 e. The van der Waals surface area contributed by atoms with E-state index in [2.05, 4.69) is 10.1 Å². The fourth-order valence-electron chi connectivity index (χ4n) is 2.39. The SMILES string of the molecule is CC(=NOCc1ccc(C(F)(F)F)cc1)c1ccc(OCC(=O)C2CC2)nc1. The fourth-order valence-corrected chi connectivity index (χ4v) is 2.39. The third-order valence-electron chi connectivity index (χ3n) is 4.26. The zero-order chi connectivity index (χ0) is 20.1. The Kier molecular flexibility index (Phi) is 5.96. The van der Waals surface area contributed by atoms with Gasteiger partial charge in [0.2, 0.25) is 5.88 Å². The highest BCUT2D eigenvalue weighted by molar-refractivity contribution is 5.98. The molecule has 1 aliphatic rings. The molecule has 0 N–H and O–H groups in total. The first-order chi connectivity index (χ1) is 13.3. The second-order valence-electron chi connectivity index (χ2n) is 6.56. The van der Waals surface area contributed by atoms with Crippen molar-refractivity contribution in [1.82, 2.24) is 4.98 Å². The van der Waals surface area contributed by atoms with Gasteiger partial charge in [0.15, 0.2) is 5.78 Å². The van der Waals surface area contributed by atoms with E-state index in [9.17, 15) is 18.0 Å². The van der Waals surface area contributed by atoms with E-state index in [4.69, 9.17) is 9.57 Å². The summed E-state index contributed by atoms with van der Waals surface area (Å²) in [7, 11) is 0. The van der Waals surface area contributed by atoms with Gasteiger partial charge < -0.3 is 9.57 Å². The smallest absolute Gasteiger partial charge is 0.416 e. The summed E-state index contributed by atoms with van der Waals surface area (Å²) in [6.07, 6.45) is -0.924. The van der Waals surface area contributed by atoms with Gasteiger partial charge in [0.05, 0.1) is 11.3 Å². The molecule has 0 unspecified atom stereocenters. The van der Waals surface area contributed by atoms with E-state index in [1.54, 1.807) is 25.3 Å². The minimum atomic E-state index is -4.36. The average molecular weight is 392 g/mol. The lowest BCUT2D eigenvalue weighted by Crippen LogP contribution is -2.13. The van der Waals surface area contributed by atoms with Crippen LogP contribution in [0.3, 0.4) is 0 Å². The highest BCUT2D eigenvalue weighted by atomic mass is 19.4.